The highest BCUT2D eigenvalue weighted by atomic mass is 16.2. The summed E-state index contributed by atoms with van der Waals surface area (Å²) in [6.07, 6.45) is 5.66. The van der Waals surface area contributed by atoms with Gasteiger partial charge in [-0.25, -0.2) is 0 Å². The monoisotopic (exact) mass is 343 g/mol. The van der Waals surface area contributed by atoms with E-state index in [9.17, 15) is 4.79 Å². The van der Waals surface area contributed by atoms with Crippen LogP contribution in [0.15, 0.2) is 30.3 Å². The van der Waals surface area contributed by atoms with Crippen LogP contribution in [0, 0.1) is 5.92 Å². The highest BCUT2D eigenvalue weighted by Crippen LogP contribution is 2.24. The SMILES string of the molecule is CN1CCC(N2CCC[C@H](C(=O)N(C)CCc3ccccc3)C2)CC1. The molecule has 2 aliphatic heterocycles. The minimum atomic E-state index is 0.189. The topological polar surface area (TPSA) is 26.8 Å². The van der Waals surface area contributed by atoms with Gasteiger partial charge in [-0.15, -0.1) is 0 Å². The minimum Gasteiger partial charge on any atom is -0.345 e. The second-order valence-corrected chi connectivity index (χ2v) is 7.86. The van der Waals surface area contributed by atoms with Crippen molar-refractivity contribution in [1.82, 2.24) is 14.7 Å². The van der Waals surface area contributed by atoms with Crippen LogP contribution in [0.1, 0.15) is 31.2 Å². The molecule has 0 bridgehead atoms. The Kier molecular flexibility index (Phi) is 6.49. The first-order chi connectivity index (χ1) is 12.1. The molecule has 0 radical (unpaired) electrons. The summed E-state index contributed by atoms with van der Waals surface area (Å²) in [6.45, 7) is 5.33. The predicted molar refractivity (Wildman–Crippen MR) is 103 cm³/mol. The number of piperidine rings is 2. The van der Waals surface area contributed by atoms with Gasteiger partial charge in [0.15, 0.2) is 0 Å². The van der Waals surface area contributed by atoms with Crippen LogP contribution in [0.2, 0.25) is 0 Å². The van der Waals surface area contributed by atoms with E-state index in [2.05, 4.69) is 41.1 Å². The Morgan fingerprint density at radius 3 is 2.56 bits per heavy atom. The number of benzene rings is 1. The number of carbonyl (C=O) groups is 1. The normalized spacial score (nSPS) is 23.5. The van der Waals surface area contributed by atoms with E-state index in [-0.39, 0.29) is 5.92 Å². The lowest BCUT2D eigenvalue weighted by molar-refractivity contribution is -0.136. The van der Waals surface area contributed by atoms with E-state index in [0.29, 0.717) is 11.9 Å². The first kappa shape index (κ1) is 18.4. The second-order valence-electron chi connectivity index (χ2n) is 7.86. The van der Waals surface area contributed by atoms with Crippen molar-refractivity contribution in [3.63, 3.8) is 0 Å². The van der Waals surface area contributed by atoms with Gasteiger partial charge in [0.1, 0.15) is 0 Å². The fraction of sp³-hybridized carbons (Fsp3) is 0.667. The second kappa shape index (κ2) is 8.81. The zero-order valence-electron chi connectivity index (χ0n) is 15.9. The Balaban J connectivity index is 1.49. The van der Waals surface area contributed by atoms with Gasteiger partial charge in [-0.2, -0.15) is 0 Å². The van der Waals surface area contributed by atoms with Gasteiger partial charge in [0, 0.05) is 26.2 Å². The third-order valence-electron chi connectivity index (χ3n) is 5.96. The molecule has 2 saturated heterocycles. The van der Waals surface area contributed by atoms with Crippen molar-refractivity contribution in [3.05, 3.63) is 35.9 Å². The number of nitrogens with zero attached hydrogens (tertiary/aromatic N) is 3. The number of likely N-dealkylation sites (N-methyl/N-ethyl adjacent to an activating group) is 1. The molecule has 0 spiro atoms. The standard InChI is InChI=1S/C21H33N3O/c1-22-14-11-20(12-15-22)24-13-6-9-19(17-24)21(25)23(2)16-10-18-7-4-3-5-8-18/h3-5,7-8,19-20H,6,9-17H2,1-2H3/t19-/m0/s1. The van der Waals surface area contributed by atoms with Crippen LogP contribution in [-0.4, -0.2) is 73.5 Å². The number of likely N-dealkylation sites (tertiary alicyclic amines) is 2. The molecule has 0 unspecified atom stereocenters. The summed E-state index contributed by atoms with van der Waals surface area (Å²) < 4.78 is 0. The van der Waals surface area contributed by atoms with Crippen molar-refractivity contribution in [3.8, 4) is 0 Å². The van der Waals surface area contributed by atoms with Crippen molar-refractivity contribution in [2.75, 3.05) is 46.8 Å². The van der Waals surface area contributed by atoms with E-state index < -0.39 is 0 Å². The van der Waals surface area contributed by atoms with Crippen LogP contribution in [0.4, 0.5) is 0 Å². The summed E-state index contributed by atoms with van der Waals surface area (Å²) in [6, 6.07) is 11.1. The molecule has 4 heteroatoms. The molecule has 1 aromatic rings. The molecule has 25 heavy (non-hydrogen) atoms. The van der Waals surface area contributed by atoms with Gasteiger partial charge in [0.05, 0.1) is 5.92 Å². The molecule has 1 amide bonds. The third-order valence-corrected chi connectivity index (χ3v) is 5.96. The van der Waals surface area contributed by atoms with Crippen molar-refractivity contribution in [2.45, 2.75) is 38.1 Å². The Morgan fingerprint density at radius 2 is 1.84 bits per heavy atom. The molecular formula is C21H33N3O. The Morgan fingerprint density at radius 1 is 1.12 bits per heavy atom. The summed E-state index contributed by atoms with van der Waals surface area (Å²) in [5, 5.41) is 0. The fourth-order valence-corrected chi connectivity index (χ4v) is 4.26. The smallest absolute Gasteiger partial charge is 0.226 e. The van der Waals surface area contributed by atoms with Gasteiger partial charge in [-0.05, 0) is 64.3 Å². The van der Waals surface area contributed by atoms with Gasteiger partial charge in [0.2, 0.25) is 5.91 Å². The van der Waals surface area contributed by atoms with E-state index in [1.807, 2.05) is 18.0 Å². The molecule has 2 aliphatic rings. The third kappa shape index (κ3) is 5.05. The number of carbonyl (C=O) groups excluding carboxylic acids is 1. The molecule has 2 heterocycles. The van der Waals surface area contributed by atoms with Gasteiger partial charge >= 0.3 is 0 Å². The number of amides is 1. The van der Waals surface area contributed by atoms with Crippen LogP contribution < -0.4 is 0 Å². The Labute approximate surface area is 152 Å². The molecule has 138 valence electrons. The molecule has 0 N–H and O–H groups in total. The maximum atomic E-state index is 12.9. The maximum Gasteiger partial charge on any atom is 0.226 e. The van der Waals surface area contributed by atoms with E-state index in [4.69, 9.17) is 0 Å². The van der Waals surface area contributed by atoms with Crippen molar-refractivity contribution in [1.29, 1.82) is 0 Å². The quantitative estimate of drug-likeness (QED) is 0.822. The summed E-state index contributed by atoms with van der Waals surface area (Å²) in [7, 11) is 4.18. The highest BCUT2D eigenvalue weighted by molar-refractivity contribution is 5.79. The molecular weight excluding hydrogens is 310 g/mol. The molecule has 2 fully saturated rings. The predicted octanol–water partition coefficient (Wildman–Crippen LogP) is 2.49. The molecule has 4 nitrogen and oxygen atoms in total. The Hall–Kier alpha value is -1.39. The van der Waals surface area contributed by atoms with Gasteiger partial charge in [0.25, 0.3) is 0 Å². The van der Waals surface area contributed by atoms with E-state index >= 15 is 0 Å². The number of hydrogen-bond donors (Lipinski definition) is 0. The average molecular weight is 344 g/mol. The Bertz CT molecular complexity index is 539. The largest absolute Gasteiger partial charge is 0.345 e. The van der Waals surface area contributed by atoms with Crippen LogP contribution in [0.25, 0.3) is 0 Å². The summed E-state index contributed by atoms with van der Waals surface area (Å²) >= 11 is 0. The van der Waals surface area contributed by atoms with Crippen LogP contribution in [0.5, 0.6) is 0 Å². The highest BCUT2D eigenvalue weighted by Gasteiger charge is 2.32. The molecule has 3 rings (SSSR count). The van der Waals surface area contributed by atoms with E-state index in [1.54, 1.807) is 0 Å². The molecule has 0 saturated carbocycles. The summed E-state index contributed by atoms with van der Waals surface area (Å²) in [4.78, 5) is 19.9. The molecule has 0 aliphatic carbocycles. The van der Waals surface area contributed by atoms with Crippen molar-refractivity contribution < 1.29 is 4.79 Å². The van der Waals surface area contributed by atoms with Crippen molar-refractivity contribution >= 4 is 5.91 Å². The van der Waals surface area contributed by atoms with Gasteiger partial charge in [-0.1, -0.05) is 30.3 Å². The molecule has 1 atom stereocenters. The van der Waals surface area contributed by atoms with Crippen LogP contribution in [0.3, 0.4) is 0 Å². The molecule has 0 aromatic heterocycles. The lowest BCUT2D eigenvalue weighted by Gasteiger charge is -2.41. The van der Waals surface area contributed by atoms with E-state index in [1.165, 1.54) is 38.0 Å². The fourth-order valence-electron chi connectivity index (χ4n) is 4.26. The number of rotatable bonds is 5. The first-order valence-corrected chi connectivity index (χ1v) is 9.85. The van der Waals surface area contributed by atoms with Crippen molar-refractivity contribution in [2.24, 2.45) is 5.92 Å². The van der Waals surface area contributed by atoms with Crippen LogP contribution in [-0.2, 0) is 11.2 Å². The summed E-state index contributed by atoms with van der Waals surface area (Å²) in [5.74, 6) is 0.530. The average Bonchev–Trinajstić information content (AvgIpc) is 2.67. The lowest BCUT2D eigenvalue weighted by Crippen LogP contribution is -2.50. The zero-order chi connectivity index (χ0) is 17.6. The zero-order valence-corrected chi connectivity index (χ0v) is 15.9. The van der Waals surface area contributed by atoms with E-state index in [0.717, 1.165) is 32.4 Å². The van der Waals surface area contributed by atoms with Gasteiger partial charge < -0.3 is 9.80 Å². The maximum absolute atomic E-state index is 12.9. The lowest BCUT2D eigenvalue weighted by atomic mass is 9.93. The minimum absolute atomic E-state index is 0.189. The van der Waals surface area contributed by atoms with Crippen LogP contribution >= 0.6 is 0 Å². The first-order valence-electron chi connectivity index (χ1n) is 9.85. The molecule has 1 aromatic carbocycles. The summed E-state index contributed by atoms with van der Waals surface area (Å²) in [5.41, 5.74) is 1.30. The van der Waals surface area contributed by atoms with Gasteiger partial charge in [-0.3, -0.25) is 9.69 Å². The number of hydrogen-bond acceptors (Lipinski definition) is 3.